The molecule has 1 fully saturated rings. The molecule has 2 N–H and O–H groups in total. The van der Waals surface area contributed by atoms with Crippen LogP contribution in [0.25, 0.3) is 44.3 Å². The molecule has 0 atom stereocenters. The summed E-state index contributed by atoms with van der Waals surface area (Å²) in [6.45, 7) is 0.924. The van der Waals surface area contributed by atoms with Gasteiger partial charge in [-0.2, -0.15) is 0 Å². The highest BCUT2D eigenvalue weighted by Gasteiger charge is 2.29. The molecule has 1 saturated heterocycles. The topological polar surface area (TPSA) is 126 Å². The first kappa shape index (κ1) is 21.9. The first-order valence-electron chi connectivity index (χ1n) is 11.4. The van der Waals surface area contributed by atoms with E-state index in [2.05, 4.69) is 9.97 Å². The molecule has 5 heterocycles. The van der Waals surface area contributed by atoms with Gasteiger partial charge in [-0.1, -0.05) is 18.2 Å². The molecular formula is C26H22N6O4. The zero-order valence-corrected chi connectivity index (χ0v) is 19.6. The smallest absolute Gasteiger partial charge is 0.354 e. The largest absolute Gasteiger partial charge is 0.477 e. The van der Waals surface area contributed by atoms with Crippen molar-refractivity contribution in [2.75, 3.05) is 18.0 Å². The normalized spacial score (nSPS) is 13.9. The van der Waals surface area contributed by atoms with Crippen LogP contribution in [0, 0.1) is 0 Å². The van der Waals surface area contributed by atoms with Gasteiger partial charge < -0.3 is 15.1 Å². The number of benzene rings is 1. The van der Waals surface area contributed by atoms with E-state index >= 15 is 0 Å². The molecule has 0 unspecified atom stereocenters. The summed E-state index contributed by atoms with van der Waals surface area (Å²) in [5.41, 5.74) is 4.28. The maximum Gasteiger partial charge on any atom is 0.354 e. The maximum atomic E-state index is 12.7. The Hall–Kier alpha value is -4.57. The van der Waals surface area contributed by atoms with Crippen molar-refractivity contribution < 1.29 is 15.0 Å². The molecule has 0 radical (unpaired) electrons. The van der Waals surface area contributed by atoms with Crippen LogP contribution in [0.15, 0.2) is 59.7 Å². The first-order chi connectivity index (χ1) is 17.3. The number of aromatic nitrogens is 5. The molecule has 0 aliphatic carbocycles. The van der Waals surface area contributed by atoms with Crippen molar-refractivity contribution in [3.8, 4) is 22.5 Å². The Kier molecular flexibility index (Phi) is 4.87. The van der Waals surface area contributed by atoms with Gasteiger partial charge in [-0.25, -0.2) is 19.6 Å². The van der Waals surface area contributed by atoms with Crippen molar-refractivity contribution in [1.29, 1.82) is 0 Å². The third-order valence-corrected chi connectivity index (χ3v) is 6.71. The van der Waals surface area contributed by atoms with Crippen LogP contribution in [0.3, 0.4) is 0 Å². The van der Waals surface area contributed by atoms with Crippen LogP contribution in [0.4, 0.5) is 5.82 Å². The van der Waals surface area contributed by atoms with Crippen LogP contribution >= 0.6 is 0 Å². The van der Waals surface area contributed by atoms with Crippen molar-refractivity contribution in [3.63, 3.8) is 0 Å². The fourth-order valence-electron chi connectivity index (χ4n) is 4.72. The number of carboxylic acid groups (broad SMARTS) is 1. The van der Waals surface area contributed by atoms with Crippen molar-refractivity contribution in [2.45, 2.75) is 6.10 Å². The van der Waals surface area contributed by atoms with E-state index in [4.69, 9.17) is 10.1 Å². The maximum absolute atomic E-state index is 12.7. The first-order valence-corrected chi connectivity index (χ1v) is 11.4. The van der Waals surface area contributed by atoms with E-state index in [1.807, 2.05) is 35.2 Å². The van der Waals surface area contributed by atoms with Crippen LogP contribution < -0.4 is 10.6 Å². The van der Waals surface area contributed by atoms with Gasteiger partial charge in [-0.15, -0.1) is 0 Å². The van der Waals surface area contributed by atoms with Gasteiger partial charge in [0.05, 0.1) is 23.0 Å². The Labute approximate surface area is 204 Å². The third-order valence-electron chi connectivity index (χ3n) is 6.71. The molecule has 0 bridgehead atoms. The SMILES string of the molecule is Cn1c(=O)n(C)c2c(N3CC(O)C3)nc(-c3cccc4cc(-c5ccc(C(=O)O)nc5)ncc34)cc21. The van der Waals surface area contributed by atoms with E-state index in [0.717, 1.165) is 27.4 Å². The predicted molar refractivity (Wildman–Crippen MR) is 135 cm³/mol. The van der Waals surface area contributed by atoms with Crippen molar-refractivity contribution >= 4 is 33.6 Å². The Morgan fingerprint density at radius 3 is 2.50 bits per heavy atom. The molecule has 10 heteroatoms. The number of imidazole rings is 1. The molecular weight excluding hydrogens is 460 g/mol. The molecule has 36 heavy (non-hydrogen) atoms. The molecule has 0 spiro atoms. The number of pyridine rings is 3. The lowest BCUT2D eigenvalue weighted by molar-refractivity contribution is 0.0690. The van der Waals surface area contributed by atoms with E-state index in [0.29, 0.717) is 35.9 Å². The van der Waals surface area contributed by atoms with Crippen LogP contribution in [-0.2, 0) is 14.1 Å². The number of anilines is 1. The van der Waals surface area contributed by atoms with E-state index in [-0.39, 0.29) is 11.4 Å². The third kappa shape index (κ3) is 3.34. The molecule has 5 aromatic rings. The highest BCUT2D eigenvalue weighted by molar-refractivity contribution is 5.99. The van der Waals surface area contributed by atoms with Gasteiger partial charge in [0.25, 0.3) is 0 Å². The molecule has 0 amide bonds. The van der Waals surface area contributed by atoms with Crippen LogP contribution in [0.2, 0.25) is 0 Å². The molecule has 1 aliphatic heterocycles. The minimum Gasteiger partial charge on any atom is -0.477 e. The Morgan fingerprint density at radius 1 is 1.00 bits per heavy atom. The second-order valence-corrected chi connectivity index (χ2v) is 8.99. The average molecular weight is 483 g/mol. The number of aryl methyl sites for hydroxylation is 2. The highest BCUT2D eigenvalue weighted by atomic mass is 16.4. The van der Waals surface area contributed by atoms with Gasteiger partial charge in [0.2, 0.25) is 0 Å². The number of carbonyl (C=O) groups is 1. The fourth-order valence-corrected chi connectivity index (χ4v) is 4.72. The summed E-state index contributed by atoms with van der Waals surface area (Å²) in [5.74, 6) is -0.413. The van der Waals surface area contributed by atoms with E-state index in [9.17, 15) is 14.7 Å². The number of hydrogen-bond acceptors (Lipinski definition) is 7. The number of aliphatic hydroxyl groups is 1. The minimum absolute atomic E-state index is 0.0240. The number of hydrogen-bond donors (Lipinski definition) is 2. The zero-order valence-electron chi connectivity index (χ0n) is 19.6. The summed E-state index contributed by atoms with van der Waals surface area (Å²) in [4.78, 5) is 39.3. The minimum atomic E-state index is -1.08. The van der Waals surface area contributed by atoms with Crippen molar-refractivity contribution in [2.24, 2.45) is 14.1 Å². The molecule has 1 aromatic carbocycles. The van der Waals surface area contributed by atoms with E-state index in [1.54, 1.807) is 35.5 Å². The zero-order chi connectivity index (χ0) is 25.1. The lowest BCUT2D eigenvalue weighted by atomic mass is 10.0. The van der Waals surface area contributed by atoms with E-state index in [1.165, 1.54) is 12.3 Å². The number of fused-ring (bicyclic) bond motifs is 2. The number of carboxylic acids is 1. The predicted octanol–water partition coefficient (Wildman–Crippen LogP) is 2.43. The molecule has 1 aliphatic rings. The van der Waals surface area contributed by atoms with Crippen LogP contribution in [0.5, 0.6) is 0 Å². The average Bonchev–Trinajstić information content (AvgIpc) is 3.09. The number of rotatable bonds is 4. The highest BCUT2D eigenvalue weighted by Crippen LogP contribution is 2.35. The van der Waals surface area contributed by atoms with Crippen molar-refractivity contribution in [3.05, 3.63) is 71.0 Å². The van der Waals surface area contributed by atoms with Gasteiger partial charge in [0.1, 0.15) is 11.2 Å². The second-order valence-electron chi connectivity index (χ2n) is 8.99. The van der Waals surface area contributed by atoms with Gasteiger partial charge in [0, 0.05) is 56.1 Å². The number of aromatic carboxylic acids is 1. The Balaban J connectivity index is 1.50. The van der Waals surface area contributed by atoms with E-state index < -0.39 is 12.1 Å². The molecule has 10 nitrogen and oxygen atoms in total. The molecule has 6 rings (SSSR count). The van der Waals surface area contributed by atoms with Gasteiger partial charge >= 0.3 is 11.7 Å². The van der Waals surface area contributed by atoms with Gasteiger partial charge in [-0.05, 0) is 29.7 Å². The lowest BCUT2D eigenvalue weighted by Crippen LogP contribution is -2.51. The number of aliphatic hydroxyl groups excluding tert-OH is 1. The second kappa shape index (κ2) is 7.99. The van der Waals surface area contributed by atoms with Crippen LogP contribution in [-0.4, -0.2) is 59.5 Å². The monoisotopic (exact) mass is 482 g/mol. The standard InChI is InChI=1S/C26H22N6O4/c1-30-22-9-21(29-24(32-12-16(33)13-32)23(22)31(2)26(30)36)17-5-3-4-14-8-20(28-11-18(14)17)15-6-7-19(25(34)35)27-10-15/h3-11,16,33H,12-13H2,1-2H3,(H,34,35). The molecule has 4 aromatic heterocycles. The molecule has 0 saturated carbocycles. The quantitative estimate of drug-likeness (QED) is 0.400. The summed E-state index contributed by atoms with van der Waals surface area (Å²) in [6, 6.07) is 12.9. The fraction of sp³-hybridized carbons (Fsp3) is 0.192. The van der Waals surface area contributed by atoms with Gasteiger partial charge in [0.15, 0.2) is 5.82 Å². The van der Waals surface area contributed by atoms with Crippen molar-refractivity contribution in [1.82, 2.24) is 24.1 Å². The number of nitrogens with zero attached hydrogens (tertiary/aromatic N) is 6. The number of β-amino-alcohol motifs (C(OH)–C–C–N with tert-alkyl or cyclic N) is 1. The van der Waals surface area contributed by atoms with Crippen LogP contribution in [0.1, 0.15) is 10.5 Å². The Morgan fingerprint density at radius 2 is 1.81 bits per heavy atom. The summed E-state index contributed by atoms with van der Waals surface area (Å²) in [7, 11) is 3.47. The molecule has 180 valence electrons. The summed E-state index contributed by atoms with van der Waals surface area (Å²) >= 11 is 0. The van der Waals surface area contributed by atoms with Gasteiger partial charge in [-0.3, -0.25) is 14.1 Å². The summed E-state index contributed by atoms with van der Waals surface area (Å²) in [5, 5.41) is 20.8. The summed E-state index contributed by atoms with van der Waals surface area (Å²) < 4.78 is 3.20. The Bertz CT molecular complexity index is 1730. The lowest BCUT2D eigenvalue weighted by Gasteiger charge is -2.37. The summed E-state index contributed by atoms with van der Waals surface area (Å²) in [6.07, 6.45) is 2.86.